The van der Waals surface area contributed by atoms with E-state index < -0.39 is 23.2 Å². The molecule has 3 aliphatic rings. The average molecular weight is 766 g/mol. The number of methoxy groups -OCH3 is 1. The standard InChI is InChI=1S/C50H55NO6/c1-35-13-11-27-49(2)46(26-28-50(49,55)34-51(29-12-30-56-3)48(54)57-41-24-22-37-14-7-8-17-39(37)33-41)43-25-21-36(31-40(52)23-20-35)32-45(43)47(53)44-19-10-9-18-42(44)38-15-5-4-6-16-38/h4-10,13-19,21-22,24-25,32-33,40,46,52,55H,11-12,20,23,26-31,34H2,1-3H3/t40-,46-,49-,50+/m0/s1. The molecule has 296 valence electrons. The van der Waals surface area contributed by atoms with Gasteiger partial charge in [-0.05, 0) is 115 Å². The second kappa shape index (κ2) is 17.6. The highest BCUT2D eigenvalue weighted by molar-refractivity contribution is 6.14. The highest BCUT2D eigenvalue weighted by Gasteiger charge is 2.57. The first-order valence-corrected chi connectivity index (χ1v) is 20.4. The topological polar surface area (TPSA) is 96.3 Å². The largest absolute Gasteiger partial charge is 0.415 e. The van der Waals surface area contributed by atoms with Crippen molar-refractivity contribution in [1.82, 2.24) is 4.90 Å². The molecule has 2 bridgehead atoms. The van der Waals surface area contributed by atoms with E-state index in [9.17, 15) is 15.0 Å². The van der Waals surface area contributed by atoms with Crippen LogP contribution in [0.5, 0.6) is 5.75 Å². The molecule has 5 aromatic rings. The summed E-state index contributed by atoms with van der Waals surface area (Å²) in [6.07, 6.45) is 5.97. The minimum absolute atomic E-state index is 0.0726. The number of ether oxygens (including phenoxy) is 2. The molecule has 0 heterocycles. The van der Waals surface area contributed by atoms with E-state index in [0.717, 1.165) is 39.4 Å². The molecule has 0 aliphatic heterocycles. The molecule has 57 heavy (non-hydrogen) atoms. The lowest BCUT2D eigenvalue weighted by Gasteiger charge is -2.46. The van der Waals surface area contributed by atoms with Crippen LogP contribution < -0.4 is 4.74 Å². The molecular weight excluding hydrogens is 711 g/mol. The Morgan fingerprint density at radius 3 is 2.40 bits per heavy atom. The number of rotatable bonds is 10. The molecule has 4 atom stereocenters. The van der Waals surface area contributed by atoms with E-state index in [1.807, 2.05) is 103 Å². The molecular formula is C50H55NO6. The molecule has 1 amide bonds. The summed E-state index contributed by atoms with van der Waals surface area (Å²) in [7, 11) is 1.64. The third-order valence-corrected chi connectivity index (χ3v) is 12.6. The van der Waals surface area contributed by atoms with Gasteiger partial charge in [-0.2, -0.15) is 0 Å². The second-order valence-corrected chi connectivity index (χ2v) is 16.3. The molecule has 3 aliphatic carbocycles. The fraction of sp³-hybridized carbons (Fsp3) is 0.360. The van der Waals surface area contributed by atoms with Gasteiger partial charge in [0.05, 0.1) is 18.2 Å². The lowest BCUT2D eigenvalue weighted by molar-refractivity contribution is -0.0795. The summed E-state index contributed by atoms with van der Waals surface area (Å²) in [6, 6.07) is 37.3. The molecule has 7 nitrogen and oxygen atoms in total. The van der Waals surface area contributed by atoms with Crippen molar-refractivity contribution >= 4 is 22.6 Å². The van der Waals surface area contributed by atoms with Crippen LogP contribution in [0.15, 0.2) is 127 Å². The van der Waals surface area contributed by atoms with Crippen molar-refractivity contribution in [2.45, 2.75) is 82.8 Å². The van der Waals surface area contributed by atoms with E-state index in [0.29, 0.717) is 75.0 Å². The van der Waals surface area contributed by atoms with Crippen LogP contribution >= 0.6 is 0 Å². The number of carbonyl (C=O) groups excluding carboxylic acids is 2. The highest BCUT2D eigenvalue weighted by atomic mass is 16.6. The first-order chi connectivity index (χ1) is 27.6. The third-order valence-electron chi connectivity index (χ3n) is 12.6. The summed E-state index contributed by atoms with van der Waals surface area (Å²) in [4.78, 5) is 30.8. The van der Waals surface area contributed by atoms with Gasteiger partial charge in [0.15, 0.2) is 5.78 Å². The van der Waals surface area contributed by atoms with Crippen LogP contribution in [0.4, 0.5) is 4.79 Å². The van der Waals surface area contributed by atoms with Crippen molar-refractivity contribution in [3.05, 3.63) is 149 Å². The second-order valence-electron chi connectivity index (χ2n) is 16.3. The number of ketones is 1. The Balaban J connectivity index is 1.28. The molecule has 8 rings (SSSR count). The number of nitrogens with zero attached hydrogens (tertiary/aromatic N) is 1. The zero-order valence-corrected chi connectivity index (χ0v) is 33.5. The van der Waals surface area contributed by atoms with Crippen molar-refractivity contribution in [2.24, 2.45) is 5.41 Å². The van der Waals surface area contributed by atoms with Crippen LogP contribution in [0.1, 0.15) is 91.8 Å². The predicted octanol–water partition coefficient (Wildman–Crippen LogP) is 10.3. The number of allylic oxidation sites excluding steroid dienone is 2. The maximum atomic E-state index is 15.0. The van der Waals surface area contributed by atoms with Gasteiger partial charge >= 0.3 is 6.09 Å². The number of hydrogen-bond donors (Lipinski definition) is 2. The molecule has 2 N–H and O–H groups in total. The van der Waals surface area contributed by atoms with Gasteiger partial charge in [-0.15, -0.1) is 0 Å². The first-order valence-electron chi connectivity index (χ1n) is 20.4. The van der Waals surface area contributed by atoms with Gasteiger partial charge in [0, 0.05) is 36.8 Å². The van der Waals surface area contributed by atoms with Crippen LogP contribution in [-0.4, -0.2) is 65.5 Å². The smallest absolute Gasteiger partial charge is 0.410 e. The van der Waals surface area contributed by atoms with Gasteiger partial charge < -0.3 is 24.6 Å². The summed E-state index contributed by atoms with van der Waals surface area (Å²) >= 11 is 0. The minimum atomic E-state index is -1.30. The zero-order valence-electron chi connectivity index (χ0n) is 33.5. The molecule has 1 fully saturated rings. The normalized spacial score (nSPS) is 22.4. The minimum Gasteiger partial charge on any atom is -0.410 e. The summed E-state index contributed by atoms with van der Waals surface area (Å²) in [5.41, 5.74) is 3.99. The molecule has 1 saturated carbocycles. The Morgan fingerprint density at radius 1 is 0.842 bits per heavy atom. The van der Waals surface area contributed by atoms with Gasteiger partial charge in [-0.1, -0.05) is 116 Å². The van der Waals surface area contributed by atoms with Crippen molar-refractivity contribution < 1.29 is 29.3 Å². The summed E-state index contributed by atoms with van der Waals surface area (Å²) in [5, 5.41) is 26.2. The van der Waals surface area contributed by atoms with Crippen LogP contribution in [0, 0.1) is 5.41 Å². The van der Waals surface area contributed by atoms with E-state index >= 15 is 4.79 Å². The lowest BCUT2D eigenvalue weighted by atomic mass is 9.64. The van der Waals surface area contributed by atoms with Gasteiger partial charge in [-0.25, -0.2) is 4.79 Å². The quantitative estimate of drug-likeness (QED) is 0.0835. The van der Waals surface area contributed by atoms with Crippen LogP contribution in [-0.2, 0) is 11.2 Å². The van der Waals surface area contributed by atoms with E-state index in [1.165, 1.54) is 5.57 Å². The Morgan fingerprint density at radius 2 is 1.60 bits per heavy atom. The van der Waals surface area contributed by atoms with Crippen LogP contribution in [0.3, 0.4) is 0 Å². The molecule has 0 spiro atoms. The van der Waals surface area contributed by atoms with E-state index in [-0.39, 0.29) is 18.2 Å². The predicted molar refractivity (Wildman–Crippen MR) is 227 cm³/mol. The van der Waals surface area contributed by atoms with Crippen LogP contribution in [0.25, 0.3) is 21.9 Å². The summed E-state index contributed by atoms with van der Waals surface area (Å²) < 4.78 is 11.4. The summed E-state index contributed by atoms with van der Waals surface area (Å²) in [5.74, 6) is 0.167. The maximum Gasteiger partial charge on any atom is 0.415 e. The Kier molecular flexibility index (Phi) is 12.4. The summed E-state index contributed by atoms with van der Waals surface area (Å²) in [6.45, 7) is 5.13. The van der Waals surface area contributed by atoms with Gasteiger partial charge in [0.1, 0.15) is 5.75 Å². The fourth-order valence-corrected chi connectivity index (χ4v) is 9.24. The number of amides is 1. The number of aliphatic hydroxyl groups is 2. The van der Waals surface area contributed by atoms with Crippen molar-refractivity contribution in [1.29, 1.82) is 0 Å². The van der Waals surface area contributed by atoms with E-state index in [2.05, 4.69) is 26.0 Å². The molecule has 0 radical (unpaired) electrons. The van der Waals surface area contributed by atoms with Gasteiger partial charge in [0.25, 0.3) is 0 Å². The molecule has 0 saturated heterocycles. The third kappa shape index (κ3) is 8.76. The fourth-order valence-electron chi connectivity index (χ4n) is 9.24. The van der Waals surface area contributed by atoms with E-state index in [1.54, 1.807) is 18.1 Å². The van der Waals surface area contributed by atoms with Crippen molar-refractivity contribution in [3.8, 4) is 16.9 Å². The lowest BCUT2D eigenvalue weighted by Crippen LogP contribution is -2.54. The molecule has 5 aromatic carbocycles. The Labute approximate surface area is 337 Å². The van der Waals surface area contributed by atoms with Crippen molar-refractivity contribution in [3.63, 3.8) is 0 Å². The van der Waals surface area contributed by atoms with Crippen LogP contribution in [0.2, 0.25) is 0 Å². The van der Waals surface area contributed by atoms with Gasteiger partial charge in [-0.3, -0.25) is 4.79 Å². The van der Waals surface area contributed by atoms with Gasteiger partial charge in [0.2, 0.25) is 0 Å². The van der Waals surface area contributed by atoms with E-state index in [4.69, 9.17) is 9.47 Å². The number of fused-ring (bicyclic) bond motifs is 9. The number of benzene rings is 5. The maximum absolute atomic E-state index is 15.0. The highest BCUT2D eigenvalue weighted by Crippen LogP contribution is 2.59. The monoisotopic (exact) mass is 765 g/mol. The molecule has 0 aromatic heterocycles. The number of hydrogen-bond acceptors (Lipinski definition) is 6. The first kappa shape index (κ1) is 40.1. The Hall–Kier alpha value is -5.08. The number of carbonyl (C=O) groups is 2. The Bertz CT molecular complexity index is 2230. The average Bonchev–Trinajstić information content (AvgIpc) is 3.48. The SMILES string of the molecule is COCCCN(C[C@]1(O)CC[C@H]2c3ccc(cc3C(=O)c3ccccc3-c3ccccc3)C[C@@H](O)CCC(C)=CCC[C@@]21C)C(=O)Oc1ccc2ccccc2c1. The number of aliphatic hydroxyl groups excluding tert-OH is 1. The van der Waals surface area contributed by atoms with Crippen molar-refractivity contribution in [2.75, 3.05) is 26.8 Å². The molecule has 0 unspecified atom stereocenters. The zero-order chi connectivity index (χ0) is 40.0. The molecule has 7 heteroatoms.